The maximum atomic E-state index is 5.77. The highest BCUT2D eigenvalue weighted by atomic mass is 16.4. The summed E-state index contributed by atoms with van der Waals surface area (Å²) in [6, 6.07) is 8.58. The number of nitrogens with two attached hydrogens (primary N) is 1. The molecule has 0 spiro atoms. The van der Waals surface area contributed by atoms with Crippen molar-refractivity contribution >= 4 is 0 Å². The average molecular weight is 258 g/mol. The van der Waals surface area contributed by atoms with E-state index in [4.69, 9.17) is 10.2 Å². The van der Waals surface area contributed by atoms with Crippen molar-refractivity contribution in [3.63, 3.8) is 0 Å². The van der Waals surface area contributed by atoms with Gasteiger partial charge in [-0.3, -0.25) is 0 Å². The summed E-state index contributed by atoms with van der Waals surface area (Å²) in [6.07, 6.45) is 4.30. The summed E-state index contributed by atoms with van der Waals surface area (Å²) in [5.41, 5.74) is 8.93. The Hall–Kier alpha value is -1.61. The summed E-state index contributed by atoms with van der Waals surface area (Å²) in [5, 5.41) is 0. The molecule has 3 heteroatoms. The first-order chi connectivity index (χ1) is 9.24. The Balaban J connectivity index is 2.17. The Kier molecular flexibility index (Phi) is 4.74. The lowest BCUT2D eigenvalue weighted by Gasteiger charge is -2.02. The molecule has 2 rings (SSSR count). The van der Waals surface area contributed by atoms with Gasteiger partial charge in [0.05, 0.1) is 5.69 Å². The molecule has 0 unspecified atom stereocenters. The van der Waals surface area contributed by atoms with Crippen LogP contribution in [0.3, 0.4) is 0 Å². The molecule has 0 aliphatic heterocycles. The highest BCUT2D eigenvalue weighted by Crippen LogP contribution is 2.25. The third-order valence-corrected chi connectivity index (χ3v) is 3.23. The number of rotatable bonds is 6. The topological polar surface area (TPSA) is 52.0 Å². The lowest BCUT2D eigenvalue weighted by molar-refractivity contribution is 0.508. The van der Waals surface area contributed by atoms with Gasteiger partial charge in [-0.05, 0) is 25.3 Å². The minimum atomic E-state index is 0.565. The van der Waals surface area contributed by atoms with E-state index in [1.807, 2.05) is 6.92 Å². The summed E-state index contributed by atoms with van der Waals surface area (Å²) in [4.78, 5) is 4.40. The second-order valence-corrected chi connectivity index (χ2v) is 4.86. The van der Waals surface area contributed by atoms with Crippen molar-refractivity contribution in [2.45, 2.75) is 39.5 Å². The van der Waals surface area contributed by atoms with E-state index in [1.54, 1.807) is 0 Å². The molecular formula is C16H22N2O. The molecule has 0 saturated carbocycles. The third kappa shape index (κ3) is 3.44. The smallest absolute Gasteiger partial charge is 0.196 e. The van der Waals surface area contributed by atoms with Crippen LogP contribution in [-0.4, -0.2) is 11.5 Å². The molecule has 2 aromatic rings. The van der Waals surface area contributed by atoms with Crippen molar-refractivity contribution in [2.24, 2.45) is 5.73 Å². The van der Waals surface area contributed by atoms with Crippen LogP contribution in [0, 0.1) is 6.92 Å². The van der Waals surface area contributed by atoms with Gasteiger partial charge in [0.1, 0.15) is 0 Å². The zero-order chi connectivity index (χ0) is 13.7. The number of benzene rings is 1. The van der Waals surface area contributed by atoms with Gasteiger partial charge in [0, 0.05) is 18.5 Å². The van der Waals surface area contributed by atoms with Crippen LogP contribution >= 0.6 is 0 Å². The Morgan fingerprint density at radius 3 is 2.53 bits per heavy atom. The molecule has 0 atom stereocenters. The number of nitrogens with zero attached hydrogens (tertiary/aromatic N) is 1. The van der Waals surface area contributed by atoms with Crippen molar-refractivity contribution in [1.82, 2.24) is 4.98 Å². The molecule has 0 aliphatic rings. The quantitative estimate of drug-likeness (QED) is 0.862. The molecule has 102 valence electrons. The van der Waals surface area contributed by atoms with Gasteiger partial charge in [-0.1, -0.05) is 37.6 Å². The molecule has 0 saturated heterocycles. The summed E-state index contributed by atoms with van der Waals surface area (Å²) < 4.78 is 5.77. The first-order valence-electron chi connectivity index (χ1n) is 7.00. The fourth-order valence-electron chi connectivity index (χ4n) is 2.15. The van der Waals surface area contributed by atoms with E-state index in [1.165, 1.54) is 18.4 Å². The van der Waals surface area contributed by atoms with Gasteiger partial charge in [-0.15, -0.1) is 0 Å². The Bertz CT molecular complexity index is 514. The summed E-state index contributed by atoms with van der Waals surface area (Å²) in [6.45, 7) is 4.75. The van der Waals surface area contributed by atoms with E-state index < -0.39 is 0 Å². The third-order valence-electron chi connectivity index (χ3n) is 3.23. The van der Waals surface area contributed by atoms with Gasteiger partial charge in [0.25, 0.3) is 0 Å². The fourth-order valence-corrected chi connectivity index (χ4v) is 2.15. The molecule has 1 aromatic heterocycles. The highest BCUT2D eigenvalue weighted by Gasteiger charge is 2.11. The molecular weight excluding hydrogens is 236 g/mol. The van der Waals surface area contributed by atoms with E-state index in [0.29, 0.717) is 13.0 Å². The van der Waals surface area contributed by atoms with Crippen LogP contribution in [0.5, 0.6) is 0 Å². The largest absolute Gasteiger partial charge is 0.440 e. The zero-order valence-corrected chi connectivity index (χ0v) is 11.8. The molecule has 3 nitrogen and oxygen atoms in total. The molecule has 0 amide bonds. The van der Waals surface area contributed by atoms with E-state index in [-0.39, 0.29) is 0 Å². The van der Waals surface area contributed by atoms with E-state index in [9.17, 15) is 0 Å². The number of hydrogen-bond donors (Lipinski definition) is 1. The monoisotopic (exact) mass is 258 g/mol. The van der Waals surface area contributed by atoms with Crippen LogP contribution in [0.4, 0.5) is 0 Å². The fraction of sp³-hybridized carbons (Fsp3) is 0.438. The van der Waals surface area contributed by atoms with Gasteiger partial charge >= 0.3 is 0 Å². The number of unbranched alkanes of at least 4 members (excludes halogenated alkanes) is 1. The van der Waals surface area contributed by atoms with Crippen molar-refractivity contribution in [3.8, 4) is 11.3 Å². The summed E-state index contributed by atoms with van der Waals surface area (Å²) >= 11 is 0. The molecule has 1 heterocycles. The molecule has 0 fully saturated rings. The van der Waals surface area contributed by atoms with Crippen molar-refractivity contribution < 1.29 is 4.42 Å². The Morgan fingerprint density at radius 1 is 1.16 bits per heavy atom. The number of aromatic nitrogens is 1. The first kappa shape index (κ1) is 13.8. The lowest BCUT2D eigenvalue weighted by atomic mass is 10.0. The normalized spacial score (nSPS) is 10.9. The number of hydrogen-bond acceptors (Lipinski definition) is 3. The van der Waals surface area contributed by atoms with Crippen LogP contribution < -0.4 is 5.73 Å². The van der Waals surface area contributed by atoms with Crippen LogP contribution in [0.25, 0.3) is 11.3 Å². The minimum absolute atomic E-state index is 0.565. The first-order valence-corrected chi connectivity index (χ1v) is 7.00. The maximum Gasteiger partial charge on any atom is 0.196 e. The molecule has 0 bridgehead atoms. The van der Waals surface area contributed by atoms with Gasteiger partial charge in [0.15, 0.2) is 11.7 Å². The lowest BCUT2D eigenvalue weighted by Crippen LogP contribution is -2.02. The zero-order valence-electron chi connectivity index (χ0n) is 11.8. The van der Waals surface area contributed by atoms with E-state index in [0.717, 1.165) is 29.3 Å². The van der Waals surface area contributed by atoms with E-state index in [2.05, 4.69) is 36.2 Å². The Morgan fingerprint density at radius 2 is 1.89 bits per heavy atom. The predicted molar refractivity (Wildman–Crippen MR) is 78.0 cm³/mol. The predicted octanol–water partition coefficient (Wildman–Crippen LogP) is 3.49. The highest BCUT2D eigenvalue weighted by molar-refractivity contribution is 5.60. The summed E-state index contributed by atoms with van der Waals surface area (Å²) in [5.74, 6) is 1.59. The van der Waals surface area contributed by atoms with Crippen molar-refractivity contribution in [2.75, 3.05) is 6.54 Å². The second-order valence-electron chi connectivity index (χ2n) is 4.86. The van der Waals surface area contributed by atoms with Gasteiger partial charge in [-0.2, -0.15) is 0 Å². The average Bonchev–Trinajstić information content (AvgIpc) is 2.78. The molecule has 19 heavy (non-hydrogen) atoms. The SMILES string of the molecule is CCCCc1ccc(-c2oc(CCN)nc2C)cc1. The van der Waals surface area contributed by atoms with Gasteiger partial charge < -0.3 is 10.2 Å². The second kappa shape index (κ2) is 6.53. The minimum Gasteiger partial charge on any atom is -0.440 e. The summed E-state index contributed by atoms with van der Waals surface area (Å²) in [7, 11) is 0. The van der Waals surface area contributed by atoms with Crippen LogP contribution in [0.15, 0.2) is 28.7 Å². The Labute approximate surface area is 114 Å². The standard InChI is InChI=1S/C16H22N2O/c1-3-4-5-13-6-8-14(9-7-13)16-12(2)18-15(19-16)10-11-17/h6-9H,3-5,10-11,17H2,1-2H3. The number of aryl methyl sites for hydroxylation is 2. The molecule has 1 aromatic carbocycles. The molecule has 2 N–H and O–H groups in total. The molecule has 0 aliphatic carbocycles. The van der Waals surface area contributed by atoms with Crippen LogP contribution in [0.2, 0.25) is 0 Å². The van der Waals surface area contributed by atoms with Crippen LogP contribution in [-0.2, 0) is 12.8 Å². The maximum absolute atomic E-state index is 5.77. The number of oxazole rings is 1. The van der Waals surface area contributed by atoms with E-state index >= 15 is 0 Å². The van der Waals surface area contributed by atoms with Gasteiger partial charge in [-0.25, -0.2) is 4.98 Å². The van der Waals surface area contributed by atoms with Gasteiger partial charge in [0.2, 0.25) is 0 Å². The van der Waals surface area contributed by atoms with Crippen LogP contribution in [0.1, 0.15) is 36.9 Å². The van der Waals surface area contributed by atoms with Crippen molar-refractivity contribution in [1.29, 1.82) is 0 Å². The van der Waals surface area contributed by atoms with Crippen molar-refractivity contribution in [3.05, 3.63) is 41.4 Å². The molecule has 0 radical (unpaired) electrons.